The van der Waals surface area contributed by atoms with Gasteiger partial charge < -0.3 is 15.0 Å². The maximum Gasteiger partial charge on any atom is 0.405 e. The maximum atomic E-state index is 13.1. The summed E-state index contributed by atoms with van der Waals surface area (Å²) in [6, 6.07) is 5.43. The van der Waals surface area contributed by atoms with E-state index in [1.165, 1.54) is 24.3 Å². The molecule has 1 saturated heterocycles. The van der Waals surface area contributed by atoms with Crippen LogP contribution in [0, 0.1) is 0 Å². The Morgan fingerprint density at radius 2 is 2.10 bits per heavy atom. The van der Waals surface area contributed by atoms with Crippen LogP contribution in [0.1, 0.15) is 16.9 Å². The van der Waals surface area contributed by atoms with Gasteiger partial charge in [-0.15, -0.1) is 0 Å². The molecule has 2 aliphatic heterocycles. The van der Waals surface area contributed by atoms with Gasteiger partial charge in [-0.3, -0.25) is 15.0 Å². The number of ether oxygens (including phenoxy) is 1. The number of aromatic nitrogens is 2. The number of methoxy groups -OCH3 is 1. The number of carbonyl (C=O) groups excluding carboxylic acids is 2. The van der Waals surface area contributed by atoms with Gasteiger partial charge in [-0.1, -0.05) is 0 Å². The molecule has 0 aliphatic carbocycles. The average molecular weight is 436 g/mol. The number of alkyl halides is 3. The van der Waals surface area contributed by atoms with Crippen molar-refractivity contribution in [2.24, 2.45) is 0 Å². The normalized spacial score (nSPS) is 17.2. The maximum absolute atomic E-state index is 13.1. The number of nitrogens with zero attached hydrogens (tertiary/aromatic N) is 4. The van der Waals surface area contributed by atoms with Gasteiger partial charge in [-0.05, 0) is 24.6 Å². The first-order chi connectivity index (χ1) is 14.7. The standard InChI is InChI=1S/C19H19F3N6O3/c1-31-12-4-6-23-15(8-12)26-18(30)28-11-5-7-27(9-11)14-3-2-13(25-16(14)28)17(29)24-10-19(20,21)22/h2-4,6,8,11H,5,7,9-10H2,1H3,(H,24,29)(H,23,26,30). The van der Waals surface area contributed by atoms with Crippen molar-refractivity contribution in [3.8, 4) is 5.75 Å². The summed E-state index contributed by atoms with van der Waals surface area (Å²) in [4.78, 5) is 37.0. The lowest BCUT2D eigenvalue weighted by atomic mass is 10.1. The summed E-state index contributed by atoms with van der Waals surface area (Å²) in [5.74, 6) is 0.0280. The van der Waals surface area contributed by atoms with Crippen molar-refractivity contribution < 1.29 is 27.5 Å². The quantitative estimate of drug-likeness (QED) is 0.764. The molecule has 164 valence electrons. The number of hydrogen-bond donors (Lipinski definition) is 2. The van der Waals surface area contributed by atoms with Gasteiger partial charge in [0.2, 0.25) is 0 Å². The van der Waals surface area contributed by atoms with Crippen LogP contribution in [0.5, 0.6) is 5.75 Å². The molecule has 1 atom stereocenters. The third-order valence-corrected chi connectivity index (χ3v) is 5.05. The Morgan fingerprint density at radius 3 is 2.84 bits per heavy atom. The molecule has 12 heteroatoms. The average Bonchev–Trinajstić information content (AvgIpc) is 3.15. The van der Waals surface area contributed by atoms with Gasteiger partial charge in [0, 0.05) is 25.4 Å². The largest absolute Gasteiger partial charge is 0.497 e. The van der Waals surface area contributed by atoms with Crippen molar-refractivity contribution in [2.45, 2.75) is 18.6 Å². The van der Waals surface area contributed by atoms with Gasteiger partial charge in [0.15, 0.2) is 5.82 Å². The van der Waals surface area contributed by atoms with Crippen molar-refractivity contribution in [1.29, 1.82) is 0 Å². The highest BCUT2D eigenvalue weighted by Gasteiger charge is 2.40. The number of anilines is 3. The van der Waals surface area contributed by atoms with Crippen LogP contribution in [0.3, 0.4) is 0 Å². The molecule has 2 bridgehead atoms. The summed E-state index contributed by atoms with van der Waals surface area (Å²) in [7, 11) is 1.49. The summed E-state index contributed by atoms with van der Waals surface area (Å²) in [5.41, 5.74) is 0.428. The first-order valence-corrected chi connectivity index (χ1v) is 9.46. The predicted molar refractivity (Wildman–Crippen MR) is 106 cm³/mol. The first kappa shape index (κ1) is 20.7. The van der Waals surface area contributed by atoms with Crippen molar-refractivity contribution in [3.05, 3.63) is 36.2 Å². The number of nitrogens with one attached hydrogen (secondary N) is 2. The molecule has 0 spiro atoms. The van der Waals surface area contributed by atoms with Crippen molar-refractivity contribution in [3.63, 3.8) is 0 Å². The molecule has 1 unspecified atom stereocenters. The minimum atomic E-state index is -4.54. The Morgan fingerprint density at radius 1 is 1.29 bits per heavy atom. The van der Waals surface area contributed by atoms with Crippen LogP contribution in [-0.4, -0.2) is 60.9 Å². The molecule has 4 rings (SSSR count). The van der Waals surface area contributed by atoms with Gasteiger partial charge in [-0.2, -0.15) is 13.2 Å². The Hall–Kier alpha value is -3.57. The second kappa shape index (κ2) is 7.93. The smallest absolute Gasteiger partial charge is 0.405 e. The molecule has 2 N–H and O–H groups in total. The molecule has 2 aromatic heterocycles. The predicted octanol–water partition coefficient (Wildman–Crippen LogP) is 2.41. The van der Waals surface area contributed by atoms with Crippen LogP contribution in [0.4, 0.5) is 35.3 Å². The van der Waals surface area contributed by atoms with E-state index in [4.69, 9.17) is 4.74 Å². The molecule has 1 fully saturated rings. The summed E-state index contributed by atoms with van der Waals surface area (Å²) in [6.45, 7) is -0.182. The van der Waals surface area contributed by atoms with Gasteiger partial charge in [0.1, 0.15) is 23.8 Å². The van der Waals surface area contributed by atoms with Gasteiger partial charge in [-0.25, -0.2) is 14.8 Å². The molecule has 2 aliphatic rings. The lowest BCUT2D eigenvalue weighted by Crippen LogP contribution is -2.48. The highest BCUT2D eigenvalue weighted by atomic mass is 19.4. The van der Waals surface area contributed by atoms with Crippen molar-refractivity contribution in [1.82, 2.24) is 15.3 Å². The van der Waals surface area contributed by atoms with Crippen LogP contribution in [-0.2, 0) is 0 Å². The highest BCUT2D eigenvalue weighted by molar-refractivity contribution is 6.05. The molecule has 9 nitrogen and oxygen atoms in total. The minimum absolute atomic E-state index is 0.195. The summed E-state index contributed by atoms with van der Waals surface area (Å²) in [6.07, 6.45) is -2.37. The zero-order valence-electron chi connectivity index (χ0n) is 16.4. The van der Waals surface area contributed by atoms with Crippen LogP contribution >= 0.6 is 0 Å². The molecular weight excluding hydrogens is 417 g/mol. The van der Waals surface area contributed by atoms with Crippen molar-refractivity contribution >= 4 is 29.3 Å². The Kier molecular flexibility index (Phi) is 5.29. The third-order valence-electron chi connectivity index (χ3n) is 5.05. The Balaban J connectivity index is 1.61. The van der Waals surface area contributed by atoms with E-state index in [-0.39, 0.29) is 23.4 Å². The van der Waals surface area contributed by atoms with E-state index in [1.807, 2.05) is 4.90 Å². The number of rotatable bonds is 4. The van der Waals surface area contributed by atoms with Crippen LogP contribution in [0.2, 0.25) is 0 Å². The summed E-state index contributed by atoms with van der Waals surface area (Å²) in [5, 5.41) is 4.49. The van der Waals surface area contributed by atoms with E-state index in [9.17, 15) is 22.8 Å². The van der Waals surface area contributed by atoms with E-state index in [1.54, 1.807) is 23.5 Å². The zero-order chi connectivity index (χ0) is 22.2. The Bertz CT molecular complexity index is 1020. The second-order valence-electron chi connectivity index (χ2n) is 7.11. The Labute approximate surface area is 175 Å². The van der Waals surface area contributed by atoms with E-state index in [2.05, 4.69) is 15.3 Å². The number of urea groups is 1. The van der Waals surface area contributed by atoms with Crippen LogP contribution in [0.15, 0.2) is 30.5 Å². The zero-order valence-corrected chi connectivity index (χ0v) is 16.4. The third kappa shape index (κ3) is 4.32. The van der Waals surface area contributed by atoms with E-state index >= 15 is 0 Å². The number of hydrogen-bond acceptors (Lipinski definition) is 6. The number of fused-ring (bicyclic) bond motifs is 4. The molecule has 4 heterocycles. The van der Waals surface area contributed by atoms with Crippen LogP contribution < -0.4 is 25.2 Å². The summed E-state index contributed by atoms with van der Waals surface area (Å²) >= 11 is 0. The number of halogens is 3. The second-order valence-corrected chi connectivity index (χ2v) is 7.11. The van der Waals surface area contributed by atoms with Gasteiger partial charge in [0.05, 0.1) is 18.8 Å². The number of pyridine rings is 2. The monoisotopic (exact) mass is 436 g/mol. The van der Waals surface area contributed by atoms with E-state index in [0.717, 1.165) is 0 Å². The fourth-order valence-corrected chi connectivity index (χ4v) is 3.65. The molecule has 3 amide bonds. The molecule has 0 saturated carbocycles. The molecular formula is C19H19F3N6O3. The molecule has 0 aromatic carbocycles. The van der Waals surface area contributed by atoms with E-state index in [0.29, 0.717) is 30.9 Å². The van der Waals surface area contributed by atoms with Crippen molar-refractivity contribution in [2.75, 3.05) is 41.9 Å². The SMILES string of the molecule is COc1ccnc(NC(=O)N2c3nc(C(=O)NCC(F)(F)F)ccc3N3CCC2C3)c1. The molecule has 31 heavy (non-hydrogen) atoms. The fourth-order valence-electron chi connectivity index (χ4n) is 3.65. The molecule has 0 radical (unpaired) electrons. The topological polar surface area (TPSA) is 99.7 Å². The first-order valence-electron chi connectivity index (χ1n) is 9.46. The fraction of sp³-hybridized carbons (Fsp3) is 0.368. The molecule has 2 aromatic rings. The number of amides is 3. The lowest BCUT2D eigenvalue weighted by Gasteiger charge is -2.35. The van der Waals surface area contributed by atoms with E-state index < -0.39 is 24.7 Å². The van der Waals surface area contributed by atoms with Crippen LogP contribution in [0.25, 0.3) is 0 Å². The summed E-state index contributed by atoms with van der Waals surface area (Å²) < 4.78 is 42.4. The van der Waals surface area contributed by atoms with Gasteiger partial charge in [0.25, 0.3) is 5.91 Å². The van der Waals surface area contributed by atoms with Gasteiger partial charge >= 0.3 is 12.2 Å². The number of carbonyl (C=O) groups is 2. The minimum Gasteiger partial charge on any atom is -0.497 e. The lowest BCUT2D eigenvalue weighted by molar-refractivity contribution is -0.123. The highest BCUT2D eigenvalue weighted by Crippen LogP contribution is 2.39.